The molecule has 0 fully saturated rings. The summed E-state index contributed by atoms with van der Waals surface area (Å²) in [5, 5.41) is 7.15. The first-order valence-electron chi connectivity index (χ1n) is 7.51. The van der Waals surface area contributed by atoms with Crippen molar-refractivity contribution in [3.63, 3.8) is 0 Å². The van der Waals surface area contributed by atoms with Crippen LogP contribution in [0.15, 0.2) is 42.6 Å². The second kappa shape index (κ2) is 7.25. The van der Waals surface area contributed by atoms with E-state index in [2.05, 4.69) is 20.6 Å². The predicted molar refractivity (Wildman–Crippen MR) is 101 cm³/mol. The fourth-order valence-corrected chi connectivity index (χ4v) is 2.57. The highest BCUT2D eigenvalue weighted by molar-refractivity contribution is 6.31. The van der Waals surface area contributed by atoms with Gasteiger partial charge in [-0.05, 0) is 49.2 Å². The molecule has 25 heavy (non-hydrogen) atoms. The van der Waals surface area contributed by atoms with E-state index in [9.17, 15) is 4.39 Å². The average Bonchev–Trinajstić information content (AvgIpc) is 2.57. The van der Waals surface area contributed by atoms with Crippen molar-refractivity contribution in [2.45, 2.75) is 13.8 Å². The Labute approximate surface area is 155 Å². The van der Waals surface area contributed by atoms with Crippen LogP contribution in [0.25, 0.3) is 0 Å². The molecule has 1 aromatic heterocycles. The van der Waals surface area contributed by atoms with Crippen molar-refractivity contribution < 1.29 is 4.39 Å². The van der Waals surface area contributed by atoms with Crippen LogP contribution in [0, 0.1) is 19.7 Å². The average molecular weight is 377 g/mol. The molecule has 0 spiro atoms. The molecule has 0 atom stereocenters. The van der Waals surface area contributed by atoms with E-state index < -0.39 is 5.82 Å². The highest BCUT2D eigenvalue weighted by Gasteiger charge is 2.10. The number of nitrogens with one attached hydrogen (secondary N) is 2. The second-order valence-corrected chi connectivity index (χ2v) is 6.43. The number of aryl methyl sites for hydroxylation is 2. The molecule has 0 aliphatic rings. The first-order chi connectivity index (χ1) is 11.9. The van der Waals surface area contributed by atoms with Crippen LogP contribution in [-0.4, -0.2) is 9.97 Å². The quantitative estimate of drug-likeness (QED) is 0.583. The molecule has 3 aromatic rings. The topological polar surface area (TPSA) is 49.8 Å². The minimum Gasteiger partial charge on any atom is -0.337 e. The third-order valence-corrected chi connectivity index (χ3v) is 4.11. The molecule has 1 heterocycles. The van der Waals surface area contributed by atoms with Gasteiger partial charge in [0.1, 0.15) is 0 Å². The Balaban J connectivity index is 1.90. The SMILES string of the molecule is Cc1ccc(Cl)cc1Nc1ncc(F)c(Nc2cc(Cl)ccc2C)n1. The van der Waals surface area contributed by atoms with Gasteiger partial charge in [-0.1, -0.05) is 35.3 Å². The van der Waals surface area contributed by atoms with Gasteiger partial charge >= 0.3 is 0 Å². The Kier molecular flexibility index (Phi) is 5.06. The number of hydrogen-bond acceptors (Lipinski definition) is 4. The van der Waals surface area contributed by atoms with Gasteiger partial charge < -0.3 is 10.6 Å². The smallest absolute Gasteiger partial charge is 0.229 e. The lowest BCUT2D eigenvalue weighted by Crippen LogP contribution is -2.04. The maximum atomic E-state index is 14.1. The van der Waals surface area contributed by atoms with Crippen molar-refractivity contribution in [3.8, 4) is 0 Å². The first-order valence-corrected chi connectivity index (χ1v) is 8.27. The number of rotatable bonds is 4. The summed E-state index contributed by atoms with van der Waals surface area (Å²) in [4.78, 5) is 8.19. The van der Waals surface area contributed by atoms with Crippen molar-refractivity contribution in [2.24, 2.45) is 0 Å². The highest BCUT2D eigenvalue weighted by atomic mass is 35.5. The molecule has 0 radical (unpaired) electrons. The first kappa shape index (κ1) is 17.5. The second-order valence-electron chi connectivity index (χ2n) is 5.56. The zero-order valence-corrected chi connectivity index (χ0v) is 15.1. The van der Waals surface area contributed by atoms with Crippen molar-refractivity contribution in [2.75, 3.05) is 10.6 Å². The maximum absolute atomic E-state index is 14.1. The molecule has 0 unspecified atom stereocenters. The molecule has 128 valence electrons. The molecule has 0 aliphatic carbocycles. The van der Waals surface area contributed by atoms with Gasteiger partial charge in [0.15, 0.2) is 11.6 Å². The minimum atomic E-state index is -0.562. The minimum absolute atomic E-state index is 0.0579. The van der Waals surface area contributed by atoms with Gasteiger partial charge in [0.25, 0.3) is 0 Å². The molecule has 7 heteroatoms. The fraction of sp³-hybridized carbons (Fsp3) is 0.111. The lowest BCUT2D eigenvalue weighted by molar-refractivity contribution is 0.619. The third-order valence-electron chi connectivity index (χ3n) is 3.64. The van der Waals surface area contributed by atoms with E-state index in [1.807, 2.05) is 26.0 Å². The van der Waals surface area contributed by atoms with E-state index in [0.29, 0.717) is 15.7 Å². The summed E-state index contributed by atoms with van der Waals surface area (Å²) in [5.41, 5.74) is 3.32. The number of aromatic nitrogens is 2. The van der Waals surface area contributed by atoms with Crippen molar-refractivity contribution >= 4 is 46.3 Å². The molecule has 2 N–H and O–H groups in total. The Hall–Kier alpha value is -2.37. The van der Waals surface area contributed by atoms with Gasteiger partial charge in [0.05, 0.1) is 6.20 Å². The van der Waals surface area contributed by atoms with Crippen LogP contribution in [0.4, 0.5) is 27.5 Å². The number of benzene rings is 2. The zero-order valence-electron chi connectivity index (χ0n) is 13.6. The van der Waals surface area contributed by atoms with E-state index in [4.69, 9.17) is 23.2 Å². The van der Waals surface area contributed by atoms with Crippen LogP contribution in [0.3, 0.4) is 0 Å². The van der Waals surface area contributed by atoms with Crippen LogP contribution in [0.2, 0.25) is 10.0 Å². The third kappa shape index (κ3) is 4.18. The number of nitrogens with zero attached hydrogens (tertiary/aromatic N) is 2. The van der Waals surface area contributed by atoms with E-state index in [-0.39, 0.29) is 11.8 Å². The lowest BCUT2D eigenvalue weighted by atomic mass is 10.2. The summed E-state index contributed by atoms with van der Waals surface area (Å²) >= 11 is 12.0. The summed E-state index contributed by atoms with van der Waals surface area (Å²) in [6.45, 7) is 3.82. The Morgan fingerprint density at radius 2 is 1.44 bits per heavy atom. The predicted octanol–water partition coefficient (Wildman–Crippen LogP) is 6.03. The van der Waals surface area contributed by atoms with E-state index in [1.165, 1.54) is 0 Å². The van der Waals surface area contributed by atoms with Gasteiger partial charge in [-0.15, -0.1) is 0 Å². The van der Waals surface area contributed by atoms with Gasteiger partial charge in [-0.2, -0.15) is 4.98 Å². The summed E-state index contributed by atoms with van der Waals surface area (Å²) in [5.74, 6) is -0.246. The summed E-state index contributed by atoms with van der Waals surface area (Å²) in [6, 6.07) is 10.8. The van der Waals surface area contributed by atoms with Crippen LogP contribution in [0.5, 0.6) is 0 Å². The molecular weight excluding hydrogens is 362 g/mol. The molecule has 0 bridgehead atoms. The van der Waals surface area contributed by atoms with Crippen LogP contribution in [0.1, 0.15) is 11.1 Å². The molecule has 4 nitrogen and oxygen atoms in total. The summed E-state index contributed by atoms with van der Waals surface area (Å²) in [7, 11) is 0. The van der Waals surface area contributed by atoms with Gasteiger partial charge in [0.2, 0.25) is 5.95 Å². The monoisotopic (exact) mass is 376 g/mol. The van der Waals surface area contributed by atoms with Crippen molar-refractivity contribution in [1.29, 1.82) is 0 Å². The zero-order chi connectivity index (χ0) is 18.0. The van der Waals surface area contributed by atoms with Crippen LogP contribution in [-0.2, 0) is 0 Å². The molecule has 2 aromatic carbocycles. The molecular formula is C18H15Cl2FN4. The lowest BCUT2D eigenvalue weighted by Gasteiger charge is -2.12. The fourth-order valence-electron chi connectivity index (χ4n) is 2.22. The van der Waals surface area contributed by atoms with Crippen LogP contribution < -0.4 is 10.6 Å². The van der Waals surface area contributed by atoms with Gasteiger partial charge in [0, 0.05) is 21.4 Å². The molecule has 0 amide bonds. The van der Waals surface area contributed by atoms with E-state index in [0.717, 1.165) is 23.0 Å². The van der Waals surface area contributed by atoms with Crippen LogP contribution >= 0.6 is 23.2 Å². The summed E-state index contributed by atoms with van der Waals surface area (Å²) < 4.78 is 14.1. The van der Waals surface area contributed by atoms with E-state index >= 15 is 0 Å². The number of hydrogen-bond donors (Lipinski definition) is 2. The van der Waals surface area contributed by atoms with Gasteiger partial charge in [-0.3, -0.25) is 0 Å². The maximum Gasteiger partial charge on any atom is 0.229 e. The van der Waals surface area contributed by atoms with Crippen molar-refractivity contribution in [3.05, 3.63) is 69.6 Å². The van der Waals surface area contributed by atoms with Gasteiger partial charge in [-0.25, -0.2) is 9.37 Å². The molecule has 0 aliphatic heterocycles. The molecule has 0 saturated carbocycles. The Morgan fingerprint density at radius 1 is 0.880 bits per heavy atom. The van der Waals surface area contributed by atoms with Crippen molar-refractivity contribution in [1.82, 2.24) is 9.97 Å². The Morgan fingerprint density at radius 3 is 2.04 bits per heavy atom. The standard InChI is InChI=1S/C18H15Cl2FN4/c1-10-3-5-12(19)7-15(10)23-17-14(21)9-22-18(25-17)24-16-8-13(20)6-4-11(16)2/h3-9H,1-2H3,(H2,22,23,24,25). The largest absolute Gasteiger partial charge is 0.337 e. The highest BCUT2D eigenvalue weighted by Crippen LogP contribution is 2.27. The van der Waals surface area contributed by atoms with E-state index in [1.54, 1.807) is 24.3 Å². The molecule has 3 rings (SSSR count). The Bertz CT molecular complexity index is 931. The number of halogens is 3. The summed E-state index contributed by atoms with van der Waals surface area (Å²) in [6.07, 6.45) is 1.11. The normalized spacial score (nSPS) is 10.6. The number of anilines is 4. The molecule has 0 saturated heterocycles.